The summed E-state index contributed by atoms with van der Waals surface area (Å²) in [4.78, 5) is 31.4. The highest BCUT2D eigenvalue weighted by atomic mass is 16.5. The molecule has 3 aromatic rings. The number of hydrogen-bond acceptors (Lipinski definition) is 5. The normalized spacial score (nSPS) is 15.4. The van der Waals surface area contributed by atoms with Gasteiger partial charge in [-0.2, -0.15) is 0 Å². The second-order valence-electron chi connectivity index (χ2n) is 8.24. The van der Waals surface area contributed by atoms with Crippen molar-refractivity contribution in [3.8, 4) is 11.6 Å². The number of amides is 2. The van der Waals surface area contributed by atoms with Crippen LogP contribution in [-0.2, 0) is 16.2 Å². The molecule has 1 unspecified atom stereocenters. The third kappa shape index (κ3) is 6.81. The van der Waals surface area contributed by atoms with Gasteiger partial charge in [-0.1, -0.05) is 48.5 Å². The summed E-state index contributed by atoms with van der Waals surface area (Å²) in [5.41, 5.74) is 1.67. The predicted octanol–water partition coefficient (Wildman–Crippen LogP) is 4.31. The largest absolute Gasteiger partial charge is 0.493 e. The van der Waals surface area contributed by atoms with Gasteiger partial charge in [-0.25, -0.2) is 4.98 Å². The molecular formula is C27H29N3O4. The van der Waals surface area contributed by atoms with Crippen molar-refractivity contribution in [2.75, 3.05) is 25.0 Å². The maximum Gasteiger partial charge on any atom is 0.229 e. The number of anilines is 1. The van der Waals surface area contributed by atoms with E-state index in [0.29, 0.717) is 37.9 Å². The molecule has 0 bridgehead atoms. The van der Waals surface area contributed by atoms with Crippen LogP contribution in [-0.4, -0.2) is 41.4 Å². The molecule has 1 N–H and O–H groups in total. The molecule has 4 rings (SSSR count). The van der Waals surface area contributed by atoms with E-state index in [4.69, 9.17) is 9.47 Å². The topological polar surface area (TPSA) is 80.8 Å². The van der Waals surface area contributed by atoms with E-state index in [0.717, 1.165) is 24.2 Å². The van der Waals surface area contributed by atoms with Crippen molar-refractivity contribution in [3.05, 3.63) is 84.6 Å². The third-order valence-corrected chi connectivity index (χ3v) is 5.71. The van der Waals surface area contributed by atoms with Crippen molar-refractivity contribution in [2.24, 2.45) is 5.92 Å². The van der Waals surface area contributed by atoms with Gasteiger partial charge in [0.25, 0.3) is 0 Å². The van der Waals surface area contributed by atoms with Crippen LogP contribution < -0.4 is 14.8 Å². The predicted molar refractivity (Wildman–Crippen MR) is 129 cm³/mol. The standard InChI is InChI=1S/C27H29N3O4/c31-26(15-17-33-24-11-5-2-6-12-24)30-16-7-10-22(19-30)27(32)29-23-13-14-25(28-18-23)34-20-21-8-3-1-4-9-21/h1-6,8-9,11-14,18,22H,7,10,15-17,19-20H2,(H,29,32). The lowest BCUT2D eigenvalue weighted by Crippen LogP contribution is -2.44. The van der Waals surface area contributed by atoms with Crippen molar-refractivity contribution >= 4 is 17.5 Å². The van der Waals surface area contributed by atoms with Crippen LogP contribution in [0.2, 0.25) is 0 Å². The first-order valence-electron chi connectivity index (χ1n) is 11.6. The van der Waals surface area contributed by atoms with Gasteiger partial charge in [-0.15, -0.1) is 0 Å². The van der Waals surface area contributed by atoms with E-state index < -0.39 is 0 Å². The van der Waals surface area contributed by atoms with Crippen LogP contribution in [0.1, 0.15) is 24.8 Å². The summed E-state index contributed by atoms with van der Waals surface area (Å²) in [7, 11) is 0. The molecule has 7 nitrogen and oxygen atoms in total. The smallest absolute Gasteiger partial charge is 0.229 e. The number of ether oxygens (including phenoxy) is 2. The van der Waals surface area contributed by atoms with E-state index in [-0.39, 0.29) is 24.2 Å². The molecule has 7 heteroatoms. The lowest BCUT2D eigenvalue weighted by Gasteiger charge is -2.32. The molecule has 2 amide bonds. The minimum Gasteiger partial charge on any atom is -0.493 e. The maximum atomic E-state index is 12.8. The number of nitrogens with one attached hydrogen (secondary N) is 1. The van der Waals surface area contributed by atoms with Crippen LogP contribution in [0.25, 0.3) is 0 Å². The first kappa shape index (κ1) is 23.3. The van der Waals surface area contributed by atoms with Gasteiger partial charge in [0, 0.05) is 19.2 Å². The Kier molecular flexibility index (Phi) is 8.11. The van der Waals surface area contributed by atoms with Gasteiger partial charge in [0.1, 0.15) is 12.4 Å². The average molecular weight is 460 g/mol. The number of carbonyl (C=O) groups excluding carboxylic acids is 2. The molecule has 2 aromatic carbocycles. The highest BCUT2D eigenvalue weighted by Gasteiger charge is 2.28. The number of hydrogen-bond donors (Lipinski definition) is 1. The number of benzene rings is 2. The minimum atomic E-state index is -0.248. The lowest BCUT2D eigenvalue weighted by atomic mass is 9.96. The van der Waals surface area contributed by atoms with Crippen LogP contribution in [0, 0.1) is 5.92 Å². The maximum absolute atomic E-state index is 12.8. The van der Waals surface area contributed by atoms with E-state index in [2.05, 4.69) is 10.3 Å². The molecule has 0 saturated carbocycles. The Morgan fingerprint density at radius 1 is 0.971 bits per heavy atom. The van der Waals surface area contributed by atoms with E-state index >= 15 is 0 Å². The number of likely N-dealkylation sites (tertiary alicyclic amines) is 1. The van der Waals surface area contributed by atoms with Crippen molar-refractivity contribution in [3.63, 3.8) is 0 Å². The van der Waals surface area contributed by atoms with Gasteiger partial charge in [0.15, 0.2) is 0 Å². The summed E-state index contributed by atoms with van der Waals surface area (Å²) >= 11 is 0. The number of piperidine rings is 1. The van der Waals surface area contributed by atoms with E-state index in [9.17, 15) is 9.59 Å². The van der Waals surface area contributed by atoms with Crippen LogP contribution in [0.5, 0.6) is 11.6 Å². The quantitative estimate of drug-likeness (QED) is 0.516. The number of carbonyl (C=O) groups is 2. The van der Waals surface area contributed by atoms with Crippen molar-refractivity contribution in [1.82, 2.24) is 9.88 Å². The fraction of sp³-hybridized carbons (Fsp3) is 0.296. The first-order chi connectivity index (χ1) is 16.7. The van der Waals surface area contributed by atoms with E-state index in [1.54, 1.807) is 23.2 Å². The zero-order chi connectivity index (χ0) is 23.6. The van der Waals surface area contributed by atoms with Gasteiger partial charge < -0.3 is 19.7 Å². The molecule has 1 saturated heterocycles. The van der Waals surface area contributed by atoms with Gasteiger partial charge in [0.05, 0.1) is 30.8 Å². The van der Waals surface area contributed by atoms with E-state index in [1.165, 1.54) is 0 Å². The number of nitrogens with zero attached hydrogens (tertiary/aromatic N) is 2. The Morgan fingerprint density at radius 3 is 2.47 bits per heavy atom. The zero-order valence-electron chi connectivity index (χ0n) is 19.1. The summed E-state index contributed by atoms with van der Waals surface area (Å²) in [6.07, 6.45) is 3.43. The Balaban J connectivity index is 1.22. The van der Waals surface area contributed by atoms with Gasteiger partial charge in [-0.05, 0) is 36.6 Å². The third-order valence-electron chi connectivity index (χ3n) is 5.71. The lowest BCUT2D eigenvalue weighted by molar-refractivity contribution is -0.135. The second kappa shape index (κ2) is 11.8. The number of pyridine rings is 1. The SMILES string of the molecule is O=C(Nc1ccc(OCc2ccccc2)nc1)C1CCCN(C(=O)CCOc2ccccc2)C1. The molecule has 176 valence electrons. The molecule has 1 fully saturated rings. The van der Waals surface area contributed by atoms with Crippen LogP contribution in [0.15, 0.2) is 79.0 Å². The van der Waals surface area contributed by atoms with E-state index in [1.807, 2.05) is 60.7 Å². The molecule has 1 aromatic heterocycles. The Bertz CT molecular complexity index is 1060. The highest BCUT2D eigenvalue weighted by molar-refractivity contribution is 5.93. The van der Waals surface area contributed by atoms with Crippen LogP contribution in [0.3, 0.4) is 0 Å². The minimum absolute atomic E-state index is 0.00927. The summed E-state index contributed by atoms with van der Waals surface area (Å²) in [5.74, 6) is 0.903. The molecule has 0 radical (unpaired) electrons. The fourth-order valence-corrected chi connectivity index (χ4v) is 3.86. The summed E-state index contributed by atoms with van der Waals surface area (Å²) < 4.78 is 11.3. The Labute approximate surface area is 199 Å². The molecule has 1 aliphatic heterocycles. The summed E-state index contributed by atoms with van der Waals surface area (Å²) in [6.45, 7) is 1.84. The van der Waals surface area contributed by atoms with Gasteiger partial charge in [-0.3, -0.25) is 9.59 Å². The number of para-hydroxylation sites is 1. The Hall–Kier alpha value is -3.87. The second-order valence-corrected chi connectivity index (χ2v) is 8.24. The Morgan fingerprint density at radius 2 is 1.74 bits per heavy atom. The number of aromatic nitrogens is 1. The van der Waals surface area contributed by atoms with Crippen molar-refractivity contribution < 1.29 is 19.1 Å². The molecule has 0 aliphatic carbocycles. The monoisotopic (exact) mass is 459 g/mol. The van der Waals surface area contributed by atoms with Gasteiger partial charge >= 0.3 is 0 Å². The highest BCUT2D eigenvalue weighted by Crippen LogP contribution is 2.20. The molecular weight excluding hydrogens is 430 g/mol. The molecule has 1 atom stereocenters. The van der Waals surface area contributed by atoms with Crippen LogP contribution in [0.4, 0.5) is 5.69 Å². The number of rotatable bonds is 9. The van der Waals surface area contributed by atoms with Crippen LogP contribution >= 0.6 is 0 Å². The fourth-order valence-electron chi connectivity index (χ4n) is 3.86. The summed E-state index contributed by atoms with van der Waals surface area (Å²) in [6, 6.07) is 22.8. The molecule has 2 heterocycles. The molecule has 1 aliphatic rings. The first-order valence-corrected chi connectivity index (χ1v) is 11.6. The summed E-state index contributed by atoms with van der Waals surface area (Å²) in [5, 5.41) is 2.92. The average Bonchev–Trinajstić information content (AvgIpc) is 2.89. The molecule has 34 heavy (non-hydrogen) atoms. The van der Waals surface area contributed by atoms with Crippen molar-refractivity contribution in [1.29, 1.82) is 0 Å². The van der Waals surface area contributed by atoms with Gasteiger partial charge in [0.2, 0.25) is 17.7 Å². The molecule has 0 spiro atoms. The van der Waals surface area contributed by atoms with Crippen molar-refractivity contribution in [2.45, 2.75) is 25.9 Å². The zero-order valence-corrected chi connectivity index (χ0v) is 19.1.